The quantitative estimate of drug-likeness (QED) is 0.726. The first-order valence-corrected chi connectivity index (χ1v) is 7.28. The predicted octanol–water partition coefficient (Wildman–Crippen LogP) is 1.97. The monoisotopic (exact) mass is 284 g/mol. The fourth-order valence-electron chi connectivity index (χ4n) is 2.53. The molecule has 0 spiro atoms. The van der Waals surface area contributed by atoms with E-state index in [1.165, 1.54) is 0 Å². The van der Waals surface area contributed by atoms with E-state index in [4.69, 9.17) is 4.98 Å². The van der Waals surface area contributed by atoms with Crippen LogP contribution in [0.5, 0.6) is 0 Å². The molecule has 6 nitrogen and oxygen atoms in total. The lowest BCUT2D eigenvalue weighted by Crippen LogP contribution is -2.26. The number of hydrogen-bond acceptors (Lipinski definition) is 4. The van der Waals surface area contributed by atoms with Crippen molar-refractivity contribution in [3.05, 3.63) is 42.2 Å². The summed E-state index contributed by atoms with van der Waals surface area (Å²) in [6, 6.07) is 8.29. The number of para-hydroxylation sites is 2. The molecular formula is C15H20N6. The summed E-state index contributed by atoms with van der Waals surface area (Å²) in [4.78, 5) is 9.01. The predicted molar refractivity (Wildman–Crippen MR) is 81.8 cm³/mol. The second-order valence-corrected chi connectivity index (χ2v) is 5.16. The van der Waals surface area contributed by atoms with Crippen LogP contribution in [0.3, 0.4) is 0 Å². The van der Waals surface area contributed by atoms with Crippen molar-refractivity contribution in [2.75, 3.05) is 6.54 Å². The van der Waals surface area contributed by atoms with E-state index in [1.807, 2.05) is 18.2 Å². The number of nitrogens with zero attached hydrogens (tertiary/aromatic N) is 4. The van der Waals surface area contributed by atoms with Crippen LogP contribution in [0, 0.1) is 0 Å². The van der Waals surface area contributed by atoms with Gasteiger partial charge < -0.3 is 9.88 Å². The Labute approximate surface area is 123 Å². The van der Waals surface area contributed by atoms with E-state index in [2.05, 4.69) is 45.1 Å². The Morgan fingerprint density at radius 2 is 2.19 bits per heavy atom. The highest BCUT2D eigenvalue weighted by molar-refractivity contribution is 5.75. The maximum Gasteiger partial charge on any atom is 0.141 e. The average Bonchev–Trinajstić information content (AvgIpc) is 3.13. The number of H-pyrrole nitrogens is 1. The van der Waals surface area contributed by atoms with Crippen molar-refractivity contribution in [1.29, 1.82) is 0 Å². The first kappa shape index (κ1) is 13.8. The average molecular weight is 284 g/mol. The Hall–Kier alpha value is -2.21. The van der Waals surface area contributed by atoms with E-state index in [0.29, 0.717) is 0 Å². The van der Waals surface area contributed by atoms with Gasteiger partial charge in [-0.1, -0.05) is 19.1 Å². The van der Waals surface area contributed by atoms with Gasteiger partial charge in [-0.3, -0.25) is 5.10 Å². The third-order valence-corrected chi connectivity index (χ3v) is 3.67. The number of imidazole rings is 1. The molecule has 0 bridgehead atoms. The Kier molecular flexibility index (Phi) is 3.96. The molecule has 3 rings (SSSR count). The molecule has 0 fully saturated rings. The van der Waals surface area contributed by atoms with Crippen LogP contribution in [0.4, 0.5) is 0 Å². The van der Waals surface area contributed by atoms with Gasteiger partial charge >= 0.3 is 0 Å². The number of hydrogen-bond donors (Lipinski definition) is 2. The maximum atomic E-state index is 4.73. The summed E-state index contributed by atoms with van der Waals surface area (Å²) < 4.78 is 2.15. The van der Waals surface area contributed by atoms with Crippen molar-refractivity contribution in [1.82, 2.24) is 30.0 Å². The molecule has 1 unspecified atom stereocenters. The van der Waals surface area contributed by atoms with Crippen LogP contribution in [0.1, 0.15) is 31.0 Å². The van der Waals surface area contributed by atoms with E-state index in [9.17, 15) is 0 Å². The van der Waals surface area contributed by atoms with Gasteiger partial charge in [-0.2, -0.15) is 5.10 Å². The van der Waals surface area contributed by atoms with Crippen molar-refractivity contribution in [3.8, 4) is 0 Å². The van der Waals surface area contributed by atoms with Crippen LogP contribution < -0.4 is 5.32 Å². The molecule has 110 valence electrons. The fraction of sp³-hybridized carbons (Fsp3) is 0.400. The SMILES string of the molecule is CCCNC(Cc1nc2ccccc2n1C)c1ncn[nH]1. The first-order valence-electron chi connectivity index (χ1n) is 7.28. The lowest BCUT2D eigenvalue weighted by atomic mass is 10.2. The summed E-state index contributed by atoms with van der Waals surface area (Å²) in [5, 5.41) is 10.4. The minimum Gasteiger partial charge on any atom is -0.331 e. The molecule has 6 heteroatoms. The first-order chi connectivity index (χ1) is 10.3. The molecule has 2 N–H and O–H groups in total. The van der Waals surface area contributed by atoms with Crippen LogP contribution in [-0.2, 0) is 13.5 Å². The van der Waals surface area contributed by atoms with Gasteiger partial charge in [0.15, 0.2) is 0 Å². The highest BCUT2D eigenvalue weighted by Crippen LogP contribution is 2.19. The zero-order valence-corrected chi connectivity index (χ0v) is 12.4. The van der Waals surface area contributed by atoms with E-state index in [-0.39, 0.29) is 6.04 Å². The molecule has 1 aromatic carbocycles. The zero-order valence-electron chi connectivity index (χ0n) is 12.4. The van der Waals surface area contributed by atoms with E-state index >= 15 is 0 Å². The number of aromatic amines is 1. The molecule has 0 saturated heterocycles. The molecule has 0 saturated carbocycles. The second-order valence-electron chi connectivity index (χ2n) is 5.16. The summed E-state index contributed by atoms with van der Waals surface area (Å²) in [6.07, 6.45) is 3.40. The normalized spacial score (nSPS) is 12.9. The van der Waals surface area contributed by atoms with Crippen molar-refractivity contribution in [2.24, 2.45) is 7.05 Å². The maximum absolute atomic E-state index is 4.73. The molecule has 0 aliphatic carbocycles. The number of nitrogens with one attached hydrogen (secondary N) is 2. The summed E-state index contributed by atoms with van der Waals surface area (Å²) in [7, 11) is 2.06. The van der Waals surface area contributed by atoms with Crippen LogP contribution in [0.2, 0.25) is 0 Å². The molecule has 0 amide bonds. The van der Waals surface area contributed by atoms with Gasteiger partial charge in [0.1, 0.15) is 18.0 Å². The van der Waals surface area contributed by atoms with Crippen molar-refractivity contribution >= 4 is 11.0 Å². The summed E-state index contributed by atoms with van der Waals surface area (Å²) in [5.74, 6) is 1.90. The number of benzene rings is 1. The molecule has 2 heterocycles. The fourth-order valence-corrected chi connectivity index (χ4v) is 2.53. The lowest BCUT2D eigenvalue weighted by molar-refractivity contribution is 0.492. The molecule has 0 aliphatic heterocycles. The molecule has 2 aromatic heterocycles. The smallest absolute Gasteiger partial charge is 0.141 e. The van der Waals surface area contributed by atoms with E-state index < -0.39 is 0 Å². The van der Waals surface area contributed by atoms with Crippen LogP contribution in [-0.4, -0.2) is 31.3 Å². The Morgan fingerprint density at radius 1 is 1.33 bits per heavy atom. The van der Waals surface area contributed by atoms with Crippen LogP contribution in [0.25, 0.3) is 11.0 Å². The molecule has 0 aliphatic rings. The number of rotatable bonds is 6. The van der Waals surface area contributed by atoms with Gasteiger partial charge in [0.25, 0.3) is 0 Å². The van der Waals surface area contributed by atoms with Gasteiger partial charge in [-0.25, -0.2) is 9.97 Å². The minimum atomic E-state index is 0.1000. The second kappa shape index (κ2) is 6.05. The number of aromatic nitrogens is 5. The Balaban J connectivity index is 1.88. The van der Waals surface area contributed by atoms with E-state index in [0.717, 1.165) is 42.1 Å². The summed E-state index contributed by atoms with van der Waals surface area (Å²) in [5.41, 5.74) is 2.18. The van der Waals surface area contributed by atoms with Crippen LogP contribution in [0.15, 0.2) is 30.6 Å². The van der Waals surface area contributed by atoms with E-state index in [1.54, 1.807) is 6.33 Å². The van der Waals surface area contributed by atoms with Crippen LogP contribution >= 0.6 is 0 Å². The minimum absolute atomic E-state index is 0.1000. The van der Waals surface area contributed by atoms with Crippen molar-refractivity contribution in [2.45, 2.75) is 25.8 Å². The third-order valence-electron chi connectivity index (χ3n) is 3.67. The van der Waals surface area contributed by atoms with Gasteiger partial charge in [0.05, 0.1) is 17.1 Å². The number of fused-ring (bicyclic) bond motifs is 1. The Morgan fingerprint density at radius 3 is 2.90 bits per heavy atom. The summed E-state index contributed by atoms with van der Waals surface area (Å²) >= 11 is 0. The van der Waals surface area contributed by atoms with Gasteiger partial charge in [0, 0.05) is 13.5 Å². The lowest BCUT2D eigenvalue weighted by Gasteiger charge is -2.15. The van der Waals surface area contributed by atoms with Gasteiger partial charge in [-0.15, -0.1) is 0 Å². The largest absolute Gasteiger partial charge is 0.331 e. The highest BCUT2D eigenvalue weighted by atomic mass is 15.2. The third kappa shape index (κ3) is 2.80. The van der Waals surface area contributed by atoms with Crippen molar-refractivity contribution in [3.63, 3.8) is 0 Å². The molecule has 0 radical (unpaired) electrons. The van der Waals surface area contributed by atoms with Crippen molar-refractivity contribution < 1.29 is 0 Å². The standard InChI is InChI=1S/C15H20N6/c1-3-8-16-12(15-17-10-18-20-15)9-14-19-11-6-4-5-7-13(11)21(14)2/h4-7,10,12,16H,3,8-9H2,1-2H3,(H,17,18,20). The molecule has 21 heavy (non-hydrogen) atoms. The zero-order chi connectivity index (χ0) is 14.7. The van der Waals surface area contributed by atoms with Gasteiger partial charge in [0.2, 0.25) is 0 Å². The highest BCUT2D eigenvalue weighted by Gasteiger charge is 2.18. The molecule has 3 aromatic rings. The topological polar surface area (TPSA) is 71.4 Å². The molecule has 1 atom stereocenters. The molecular weight excluding hydrogens is 264 g/mol. The summed E-state index contributed by atoms with van der Waals surface area (Å²) in [6.45, 7) is 3.09. The Bertz CT molecular complexity index is 700. The number of aryl methyl sites for hydroxylation is 1. The van der Waals surface area contributed by atoms with Gasteiger partial charge in [-0.05, 0) is 25.1 Å².